The van der Waals surface area contributed by atoms with Gasteiger partial charge in [-0.05, 0) is 36.8 Å². The molecule has 2 aromatic carbocycles. The molecule has 3 rings (SSSR count). The van der Waals surface area contributed by atoms with E-state index in [2.05, 4.69) is 20.6 Å². The topological polar surface area (TPSA) is 96.1 Å². The van der Waals surface area contributed by atoms with Gasteiger partial charge in [0.1, 0.15) is 5.75 Å². The van der Waals surface area contributed by atoms with E-state index in [4.69, 9.17) is 16.3 Å². The van der Waals surface area contributed by atoms with Crippen molar-refractivity contribution in [2.24, 2.45) is 0 Å². The van der Waals surface area contributed by atoms with Gasteiger partial charge in [0.2, 0.25) is 0 Å². The lowest BCUT2D eigenvalue weighted by Gasteiger charge is -2.12. The van der Waals surface area contributed by atoms with Crippen molar-refractivity contribution in [3.05, 3.63) is 47.2 Å². The molecule has 0 fully saturated rings. The third kappa shape index (κ3) is 3.56. The maximum Gasteiger partial charge on any atom is 0.314 e. The first-order chi connectivity index (χ1) is 12.0. The van der Waals surface area contributed by atoms with Crippen molar-refractivity contribution in [3.8, 4) is 5.75 Å². The van der Waals surface area contributed by atoms with Gasteiger partial charge in [-0.2, -0.15) is 0 Å². The number of hydrogen-bond donors (Lipinski definition) is 3. The highest BCUT2D eigenvalue weighted by Crippen LogP contribution is 2.30. The number of rotatable bonds is 3. The number of carbonyl (C=O) groups is 2. The minimum Gasteiger partial charge on any atom is -0.495 e. The molecular weight excluding hydrogens is 344 g/mol. The molecule has 8 heteroatoms. The monoisotopic (exact) mass is 358 g/mol. The lowest BCUT2D eigenvalue weighted by molar-refractivity contribution is -0.133. The van der Waals surface area contributed by atoms with Crippen molar-refractivity contribution in [1.82, 2.24) is 9.97 Å². The van der Waals surface area contributed by atoms with Crippen LogP contribution in [0.2, 0.25) is 5.02 Å². The zero-order chi connectivity index (χ0) is 18.0. The number of anilines is 2. The Labute approximate surface area is 148 Å². The SMILES string of the molecule is COc1cc(Cl)c(C)cc1NC(=O)C(=O)Nc1ccc2nc[nH]c2c1. The highest BCUT2D eigenvalue weighted by molar-refractivity contribution is 6.44. The fourth-order valence-corrected chi connectivity index (χ4v) is 2.46. The lowest BCUT2D eigenvalue weighted by atomic mass is 10.2. The second-order valence-corrected chi connectivity index (χ2v) is 5.75. The number of fused-ring (bicyclic) bond motifs is 1. The number of halogens is 1. The number of nitrogens with one attached hydrogen (secondary N) is 3. The van der Waals surface area contributed by atoms with Crippen molar-refractivity contribution < 1.29 is 14.3 Å². The van der Waals surface area contributed by atoms with Crippen LogP contribution in [-0.2, 0) is 9.59 Å². The minimum atomic E-state index is -0.815. The Hall–Kier alpha value is -3.06. The van der Waals surface area contributed by atoms with Gasteiger partial charge in [0.25, 0.3) is 0 Å². The second kappa shape index (κ2) is 6.82. The number of aryl methyl sites for hydroxylation is 1. The third-order valence-electron chi connectivity index (χ3n) is 3.61. The fourth-order valence-electron chi connectivity index (χ4n) is 2.31. The zero-order valence-electron chi connectivity index (χ0n) is 13.5. The number of benzene rings is 2. The Kier molecular flexibility index (Phi) is 4.58. The number of H-pyrrole nitrogens is 1. The van der Waals surface area contributed by atoms with E-state index >= 15 is 0 Å². The molecule has 7 nitrogen and oxygen atoms in total. The summed E-state index contributed by atoms with van der Waals surface area (Å²) in [5.74, 6) is -1.24. The molecule has 2 amide bonds. The van der Waals surface area contributed by atoms with Gasteiger partial charge in [0.05, 0.1) is 30.2 Å². The first-order valence-corrected chi connectivity index (χ1v) is 7.75. The van der Waals surface area contributed by atoms with E-state index in [9.17, 15) is 9.59 Å². The number of imidazole rings is 1. The number of aromatic amines is 1. The summed E-state index contributed by atoms with van der Waals surface area (Å²) in [7, 11) is 1.45. The highest BCUT2D eigenvalue weighted by atomic mass is 35.5. The molecule has 128 valence electrons. The fraction of sp³-hybridized carbons (Fsp3) is 0.118. The number of amides is 2. The molecule has 0 aliphatic rings. The van der Waals surface area contributed by atoms with Crippen LogP contribution in [0.15, 0.2) is 36.7 Å². The van der Waals surface area contributed by atoms with Crippen LogP contribution in [0.5, 0.6) is 5.75 Å². The van der Waals surface area contributed by atoms with Gasteiger partial charge in [0.15, 0.2) is 0 Å². The van der Waals surface area contributed by atoms with Crippen molar-refractivity contribution in [2.75, 3.05) is 17.7 Å². The van der Waals surface area contributed by atoms with Gasteiger partial charge in [0, 0.05) is 16.8 Å². The lowest BCUT2D eigenvalue weighted by Crippen LogP contribution is -2.29. The maximum atomic E-state index is 12.2. The van der Waals surface area contributed by atoms with Crippen molar-refractivity contribution >= 4 is 45.8 Å². The van der Waals surface area contributed by atoms with Gasteiger partial charge >= 0.3 is 11.8 Å². The van der Waals surface area contributed by atoms with Gasteiger partial charge in [-0.1, -0.05) is 11.6 Å². The van der Waals surface area contributed by atoms with E-state index in [1.54, 1.807) is 43.6 Å². The predicted molar refractivity (Wildman–Crippen MR) is 96.1 cm³/mol. The molecular formula is C17H15ClN4O3. The van der Waals surface area contributed by atoms with Crippen molar-refractivity contribution in [1.29, 1.82) is 0 Å². The van der Waals surface area contributed by atoms with Crippen LogP contribution in [0, 0.1) is 6.92 Å². The van der Waals surface area contributed by atoms with Gasteiger partial charge in [-0.15, -0.1) is 0 Å². The first-order valence-electron chi connectivity index (χ1n) is 7.37. The summed E-state index contributed by atoms with van der Waals surface area (Å²) in [4.78, 5) is 31.3. The van der Waals surface area contributed by atoms with Crippen LogP contribution in [0.4, 0.5) is 11.4 Å². The summed E-state index contributed by atoms with van der Waals surface area (Å²) >= 11 is 6.03. The number of aromatic nitrogens is 2. The highest BCUT2D eigenvalue weighted by Gasteiger charge is 2.17. The molecule has 3 aromatic rings. The van der Waals surface area contributed by atoms with E-state index in [0.29, 0.717) is 22.1 Å². The molecule has 0 aliphatic heterocycles. The molecule has 3 N–H and O–H groups in total. The van der Waals surface area contributed by atoms with Gasteiger partial charge in [-0.25, -0.2) is 4.98 Å². The quantitative estimate of drug-likeness (QED) is 0.627. The van der Waals surface area contributed by atoms with E-state index < -0.39 is 11.8 Å². The average Bonchev–Trinajstić information content (AvgIpc) is 3.05. The normalized spacial score (nSPS) is 10.5. The molecule has 0 saturated carbocycles. The summed E-state index contributed by atoms with van der Waals surface area (Å²) in [6.07, 6.45) is 1.55. The molecule has 0 radical (unpaired) electrons. The van der Waals surface area contributed by atoms with Crippen LogP contribution in [-0.4, -0.2) is 28.9 Å². The number of hydrogen-bond acceptors (Lipinski definition) is 4. The van der Waals surface area contributed by atoms with Crippen LogP contribution < -0.4 is 15.4 Å². The summed E-state index contributed by atoms with van der Waals surface area (Å²) in [5, 5.41) is 5.58. The molecule has 1 aromatic heterocycles. The smallest absolute Gasteiger partial charge is 0.314 e. The minimum absolute atomic E-state index is 0.369. The molecule has 0 spiro atoms. The van der Waals surface area contributed by atoms with E-state index in [1.807, 2.05) is 0 Å². The predicted octanol–water partition coefficient (Wildman–Crippen LogP) is 3.11. The van der Waals surface area contributed by atoms with Crippen LogP contribution in [0.1, 0.15) is 5.56 Å². The first kappa shape index (κ1) is 16.8. The van der Waals surface area contributed by atoms with Crippen molar-refractivity contribution in [2.45, 2.75) is 6.92 Å². The number of ether oxygens (including phenoxy) is 1. The van der Waals surface area contributed by atoms with E-state index in [0.717, 1.165) is 16.6 Å². The Balaban J connectivity index is 1.74. The molecule has 0 aliphatic carbocycles. The summed E-state index contributed by atoms with van der Waals surface area (Å²) in [6.45, 7) is 1.79. The summed E-state index contributed by atoms with van der Waals surface area (Å²) < 4.78 is 5.18. The Morgan fingerprint density at radius 2 is 1.92 bits per heavy atom. The van der Waals surface area contributed by atoms with Gasteiger partial charge in [-0.3, -0.25) is 9.59 Å². The molecule has 0 bridgehead atoms. The molecule has 0 atom stereocenters. The standard InChI is InChI=1S/C17H15ClN4O3/c1-9-5-14(15(25-2)7-11(9)18)22-17(24)16(23)21-10-3-4-12-13(6-10)20-8-19-12/h3-8H,1-2H3,(H,19,20)(H,21,23)(H,22,24). The van der Waals surface area contributed by atoms with Crippen molar-refractivity contribution in [3.63, 3.8) is 0 Å². The van der Waals surface area contributed by atoms with E-state index in [1.165, 1.54) is 7.11 Å². The van der Waals surface area contributed by atoms with Crippen LogP contribution in [0.3, 0.4) is 0 Å². The summed E-state index contributed by atoms with van der Waals surface area (Å²) in [6, 6.07) is 8.33. The Morgan fingerprint density at radius 3 is 2.68 bits per heavy atom. The van der Waals surface area contributed by atoms with Crippen LogP contribution in [0.25, 0.3) is 11.0 Å². The number of methoxy groups -OCH3 is 1. The molecule has 1 heterocycles. The Bertz CT molecular complexity index is 968. The average molecular weight is 359 g/mol. The summed E-state index contributed by atoms with van der Waals surface area (Å²) in [5.41, 5.74) is 3.13. The van der Waals surface area contributed by atoms with Gasteiger partial charge < -0.3 is 20.4 Å². The third-order valence-corrected chi connectivity index (χ3v) is 4.02. The second-order valence-electron chi connectivity index (χ2n) is 5.34. The number of carbonyl (C=O) groups excluding carboxylic acids is 2. The largest absolute Gasteiger partial charge is 0.495 e. The molecule has 0 saturated heterocycles. The number of nitrogens with zero attached hydrogens (tertiary/aromatic N) is 1. The van der Waals surface area contributed by atoms with Crippen LogP contribution >= 0.6 is 11.6 Å². The Morgan fingerprint density at radius 1 is 1.16 bits per heavy atom. The molecule has 0 unspecified atom stereocenters. The maximum absolute atomic E-state index is 12.2. The molecule has 25 heavy (non-hydrogen) atoms. The zero-order valence-corrected chi connectivity index (χ0v) is 14.3. The van der Waals surface area contributed by atoms with E-state index in [-0.39, 0.29) is 0 Å².